The quantitative estimate of drug-likeness (QED) is 0.800. The zero-order chi connectivity index (χ0) is 15.0. The van der Waals surface area contributed by atoms with E-state index in [0.29, 0.717) is 0 Å². The van der Waals surface area contributed by atoms with Gasteiger partial charge in [-0.1, -0.05) is 12.1 Å². The first-order valence-electron chi connectivity index (χ1n) is 6.44. The summed E-state index contributed by atoms with van der Waals surface area (Å²) >= 11 is 0. The molecular weight excluding hydrogens is 268 g/mol. The fourth-order valence-corrected chi connectivity index (χ4v) is 2.20. The second-order valence-corrected chi connectivity index (χ2v) is 4.86. The van der Waals surface area contributed by atoms with Gasteiger partial charge in [0.15, 0.2) is 5.69 Å². The van der Waals surface area contributed by atoms with Gasteiger partial charge in [-0.3, -0.25) is 4.68 Å². The number of carboxylic acids is 1. The van der Waals surface area contributed by atoms with Crippen LogP contribution in [0.2, 0.25) is 0 Å². The zero-order valence-corrected chi connectivity index (χ0v) is 11.7. The van der Waals surface area contributed by atoms with Crippen molar-refractivity contribution in [1.82, 2.24) is 19.6 Å². The normalized spacial score (nSPS) is 10.8. The predicted molar refractivity (Wildman–Crippen MR) is 77.5 cm³/mol. The highest BCUT2D eigenvalue weighted by molar-refractivity contribution is 5.87. The molecule has 0 fully saturated rings. The lowest BCUT2D eigenvalue weighted by molar-refractivity contribution is 0.0689. The molecule has 6 nitrogen and oxygen atoms in total. The van der Waals surface area contributed by atoms with Crippen LogP contribution in [0.3, 0.4) is 0 Å². The van der Waals surface area contributed by atoms with Crippen LogP contribution >= 0.6 is 0 Å². The van der Waals surface area contributed by atoms with Gasteiger partial charge in [-0.2, -0.15) is 10.2 Å². The molecule has 3 rings (SSSR count). The maximum absolute atomic E-state index is 11.0. The predicted octanol–water partition coefficient (Wildman–Crippen LogP) is 2.28. The molecule has 3 aromatic rings. The van der Waals surface area contributed by atoms with Crippen LogP contribution in [-0.2, 0) is 7.05 Å². The number of carbonyl (C=O) groups is 1. The first-order chi connectivity index (χ1) is 10.0. The summed E-state index contributed by atoms with van der Waals surface area (Å²) in [6.07, 6.45) is 3.73. The average Bonchev–Trinajstić information content (AvgIpc) is 3.05. The van der Waals surface area contributed by atoms with Crippen molar-refractivity contribution < 1.29 is 9.90 Å². The molecule has 0 radical (unpaired) electrons. The van der Waals surface area contributed by atoms with Crippen molar-refractivity contribution in [2.24, 2.45) is 7.05 Å². The van der Waals surface area contributed by atoms with Crippen LogP contribution in [0, 0.1) is 6.92 Å². The van der Waals surface area contributed by atoms with E-state index in [1.54, 1.807) is 28.7 Å². The van der Waals surface area contributed by atoms with Gasteiger partial charge in [0.2, 0.25) is 0 Å². The summed E-state index contributed by atoms with van der Waals surface area (Å²) in [5.41, 5.74) is 3.67. The molecule has 21 heavy (non-hydrogen) atoms. The number of nitrogens with zero attached hydrogens (tertiary/aromatic N) is 4. The van der Waals surface area contributed by atoms with Gasteiger partial charge in [0.05, 0.1) is 17.6 Å². The molecule has 0 saturated heterocycles. The minimum atomic E-state index is -1.03. The Bertz CT molecular complexity index is 817. The Labute approximate surface area is 121 Å². The van der Waals surface area contributed by atoms with E-state index in [0.717, 1.165) is 22.5 Å². The molecule has 2 aromatic heterocycles. The Hall–Kier alpha value is -2.89. The van der Waals surface area contributed by atoms with Gasteiger partial charge < -0.3 is 5.11 Å². The lowest BCUT2D eigenvalue weighted by atomic mass is 10.1. The third-order valence-electron chi connectivity index (χ3n) is 3.22. The number of aromatic carboxylic acids is 1. The first-order valence-corrected chi connectivity index (χ1v) is 6.44. The minimum Gasteiger partial charge on any atom is -0.476 e. The molecule has 0 aliphatic heterocycles. The van der Waals surface area contributed by atoms with Crippen molar-refractivity contribution in [2.45, 2.75) is 6.92 Å². The molecule has 0 atom stereocenters. The van der Waals surface area contributed by atoms with Gasteiger partial charge in [-0.05, 0) is 30.7 Å². The number of hydrogen-bond donors (Lipinski definition) is 1. The fraction of sp³-hybridized carbons (Fsp3) is 0.133. The third-order valence-corrected chi connectivity index (χ3v) is 3.22. The van der Waals surface area contributed by atoms with Crippen LogP contribution in [0.4, 0.5) is 0 Å². The van der Waals surface area contributed by atoms with Gasteiger partial charge >= 0.3 is 5.97 Å². The van der Waals surface area contributed by atoms with Crippen molar-refractivity contribution in [3.05, 3.63) is 54.0 Å². The van der Waals surface area contributed by atoms with Crippen LogP contribution in [-0.4, -0.2) is 30.6 Å². The van der Waals surface area contributed by atoms with Gasteiger partial charge in [-0.25, -0.2) is 9.48 Å². The van der Waals surface area contributed by atoms with Crippen LogP contribution in [0.25, 0.3) is 16.9 Å². The smallest absolute Gasteiger partial charge is 0.356 e. The molecule has 0 unspecified atom stereocenters. The maximum Gasteiger partial charge on any atom is 0.356 e. The highest BCUT2D eigenvalue weighted by Gasteiger charge is 2.13. The SMILES string of the molecule is Cc1cnn(-c2cccc(-c3cc(C(=O)O)nn3C)c2)c1. The fourth-order valence-electron chi connectivity index (χ4n) is 2.20. The van der Waals surface area contributed by atoms with Crippen LogP contribution < -0.4 is 0 Å². The monoisotopic (exact) mass is 282 g/mol. The highest BCUT2D eigenvalue weighted by Crippen LogP contribution is 2.22. The molecule has 1 aromatic carbocycles. The van der Waals surface area contributed by atoms with Crippen molar-refractivity contribution in [3.63, 3.8) is 0 Å². The average molecular weight is 282 g/mol. The number of rotatable bonds is 3. The lowest BCUT2D eigenvalue weighted by Gasteiger charge is -2.05. The summed E-state index contributed by atoms with van der Waals surface area (Å²) in [7, 11) is 1.73. The molecule has 0 saturated carbocycles. The van der Waals surface area contributed by atoms with Gasteiger partial charge in [0.1, 0.15) is 0 Å². The van der Waals surface area contributed by atoms with Crippen molar-refractivity contribution in [3.8, 4) is 16.9 Å². The van der Waals surface area contributed by atoms with E-state index in [1.165, 1.54) is 0 Å². The van der Waals surface area contributed by atoms with E-state index in [2.05, 4.69) is 10.2 Å². The summed E-state index contributed by atoms with van der Waals surface area (Å²) in [5, 5.41) is 17.3. The Kier molecular flexibility index (Phi) is 3.06. The van der Waals surface area contributed by atoms with Crippen LogP contribution in [0.1, 0.15) is 16.1 Å². The standard InChI is InChI=1S/C15H14N4O2/c1-10-8-16-19(9-10)12-5-3-4-11(6-12)14-7-13(15(20)21)17-18(14)2/h3-9H,1-2H3,(H,20,21). The third kappa shape index (κ3) is 2.43. The molecule has 0 aliphatic carbocycles. The summed E-state index contributed by atoms with van der Waals surface area (Å²) in [6.45, 7) is 1.98. The Morgan fingerprint density at radius 3 is 2.71 bits per heavy atom. The zero-order valence-electron chi connectivity index (χ0n) is 11.7. The van der Waals surface area contributed by atoms with Crippen LogP contribution in [0.5, 0.6) is 0 Å². The van der Waals surface area contributed by atoms with E-state index in [4.69, 9.17) is 5.11 Å². The summed E-state index contributed by atoms with van der Waals surface area (Å²) < 4.78 is 3.35. The maximum atomic E-state index is 11.0. The number of aromatic nitrogens is 4. The van der Waals surface area contributed by atoms with Gasteiger partial charge in [0.25, 0.3) is 0 Å². The van der Waals surface area contributed by atoms with Crippen molar-refractivity contribution in [2.75, 3.05) is 0 Å². The molecule has 2 heterocycles. The number of hydrogen-bond acceptors (Lipinski definition) is 3. The van der Waals surface area contributed by atoms with E-state index < -0.39 is 5.97 Å². The second-order valence-electron chi connectivity index (χ2n) is 4.86. The molecule has 0 bridgehead atoms. The Balaban J connectivity index is 2.06. The van der Waals surface area contributed by atoms with Crippen LogP contribution in [0.15, 0.2) is 42.7 Å². The largest absolute Gasteiger partial charge is 0.476 e. The van der Waals surface area contributed by atoms with Gasteiger partial charge in [0, 0.05) is 18.8 Å². The molecule has 6 heteroatoms. The molecule has 0 spiro atoms. The highest BCUT2D eigenvalue weighted by atomic mass is 16.4. The molecule has 106 valence electrons. The molecule has 0 aliphatic rings. The minimum absolute atomic E-state index is 0.0350. The topological polar surface area (TPSA) is 72.9 Å². The van der Waals surface area contributed by atoms with E-state index in [-0.39, 0.29) is 5.69 Å². The lowest BCUT2D eigenvalue weighted by Crippen LogP contribution is -1.99. The molecule has 0 amide bonds. The first kappa shape index (κ1) is 13.1. The molecular formula is C15H14N4O2. The summed E-state index contributed by atoms with van der Waals surface area (Å²) in [4.78, 5) is 11.0. The van der Waals surface area contributed by atoms with E-state index in [1.807, 2.05) is 37.4 Å². The number of aryl methyl sites for hydroxylation is 2. The summed E-state index contributed by atoms with van der Waals surface area (Å²) in [6, 6.07) is 9.30. The van der Waals surface area contributed by atoms with Crippen molar-refractivity contribution in [1.29, 1.82) is 0 Å². The van der Waals surface area contributed by atoms with Crippen molar-refractivity contribution >= 4 is 5.97 Å². The Morgan fingerprint density at radius 2 is 2.10 bits per heavy atom. The van der Waals surface area contributed by atoms with E-state index >= 15 is 0 Å². The summed E-state index contributed by atoms with van der Waals surface area (Å²) in [5.74, 6) is -1.03. The van der Waals surface area contributed by atoms with Gasteiger partial charge in [-0.15, -0.1) is 0 Å². The number of benzene rings is 1. The second kappa shape index (κ2) is 4.90. The van der Waals surface area contributed by atoms with E-state index in [9.17, 15) is 4.79 Å². The number of carboxylic acid groups (broad SMARTS) is 1. The molecule has 1 N–H and O–H groups in total. The Morgan fingerprint density at radius 1 is 1.29 bits per heavy atom.